The molecule has 0 fully saturated rings. The average molecular weight is 250 g/mol. The minimum Gasteiger partial charge on any atom is -0.370 e. The first-order valence-corrected chi connectivity index (χ1v) is 6.16. The summed E-state index contributed by atoms with van der Waals surface area (Å²) in [5.41, 5.74) is 0.110. The van der Waals surface area contributed by atoms with Gasteiger partial charge in [0, 0.05) is 18.2 Å². The van der Waals surface area contributed by atoms with Crippen LogP contribution in [-0.2, 0) is 0 Å². The van der Waals surface area contributed by atoms with Crippen molar-refractivity contribution < 1.29 is 4.79 Å². The van der Waals surface area contributed by atoms with Crippen LogP contribution < -0.4 is 10.6 Å². The van der Waals surface area contributed by atoms with E-state index in [1.165, 1.54) is 6.33 Å². The average Bonchev–Trinajstić information content (AvgIpc) is 2.24. The molecule has 5 nitrogen and oxygen atoms in total. The number of hydrogen-bond acceptors (Lipinski definition) is 4. The number of anilines is 1. The van der Waals surface area contributed by atoms with Crippen molar-refractivity contribution in [2.75, 3.05) is 11.9 Å². The lowest BCUT2D eigenvalue weighted by molar-refractivity contribution is 0.0914. The van der Waals surface area contributed by atoms with E-state index in [1.54, 1.807) is 6.07 Å². The summed E-state index contributed by atoms with van der Waals surface area (Å²) in [6.07, 6.45) is 1.40. The molecule has 0 atom stereocenters. The van der Waals surface area contributed by atoms with Gasteiger partial charge in [0.1, 0.15) is 17.8 Å². The number of aromatic nitrogens is 2. The van der Waals surface area contributed by atoms with Crippen LogP contribution in [0.2, 0.25) is 0 Å². The first-order chi connectivity index (χ1) is 8.28. The summed E-state index contributed by atoms with van der Waals surface area (Å²) in [6, 6.07) is 1.67. The normalized spacial score (nSPS) is 11.4. The van der Waals surface area contributed by atoms with E-state index in [4.69, 9.17) is 0 Å². The van der Waals surface area contributed by atoms with Crippen molar-refractivity contribution in [3.8, 4) is 0 Å². The summed E-state index contributed by atoms with van der Waals surface area (Å²) < 4.78 is 0. The first-order valence-electron chi connectivity index (χ1n) is 6.16. The molecule has 5 heteroatoms. The monoisotopic (exact) mass is 250 g/mol. The summed E-state index contributed by atoms with van der Waals surface area (Å²) in [5.74, 6) is 1.02. The first kappa shape index (κ1) is 14.4. The van der Waals surface area contributed by atoms with Crippen LogP contribution in [0.15, 0.2) is 12.4 Å². The van der Waals surface area contributed by atoms with Crippen LogP contribution in [0.4, 0.5) is 5.82 Å². The molecule has 18 heavy (non-hydrogen) atoms. The highest BCUT2D eigenvalue weighted by Gasteiger charge is 2.16. The van der Waals surface area contributed by atoms with Gasteiger partial charge in [0.05, 0.1) is 0 Å². The number of rotatable bonds is 4. The Morgan fingerprint density at radius 1 is 1.33 bits per heavy atom. The summed E-state index contributed by atoms with van der Waals surface area (Å²) in [4.78, 5) is 20.0. The van der Waals surface area contributed by atoms with E-state index in [9.17, 15) is 4.79 Å². The van der Waals surface area contributed by atoms with Gasteiger partial charge in [-0.1, -0.05) is 13.8 Å². The van der Waals surface area contributed by atoms with Gasteiger partial charge in [-0.15, -0.1) is 0 Å². The molecule has 1 aromatic rings. The fraction of sp³-hybridized carbons (Fsp3) is 0.615. The van der Waals surface area contributed by atoms with Crippen molar-refractivity contribution in [2.45, 2.75) is 40.2 Å². The van der Waals surface area contributed by atoms with Gasteiger partial charge in [-0.2, -0.15) is 0 Å². The van der Waals surface area contributed by atoms with E-state index in [2.05, 4.69) is 34.4 Å². The van der Waals surface area contributed by atoms with Crippen LogP contribution in [0.1, 0.15) is 45.1 Å². The number of nitrogens with zero attached hydrogens (tertiary/aromatic N) is 2. The zero-order valence-electron chi connectivity index (χ0n) is 11.7. The van der Waals surface area contributed by atoms with E-state index >= 15 is 0 Å². The molecule has 1 aromatic heterocycles. The van der Waals surface area contributed by atoms with Crippen molar-refractivity contribution in [1.29, 1.82) is 0 Å². The van der Waals surface area contributed by atoms with E-state index < -0.39 is 0 Å². The van der Waals surface area contributed by atoms with E-state index in [1.807, 2.05) is 20.8 Å². The molecular weight excluding hydrogens is 228 g/mol. The van der Waals surface area contributed by atoms with Gasteiger partial charge >= 0.3 is 0 Å². The van der Waals surface area contributed by atoms with E-state index in [0.717, 1.165) is 6.54 Å². The summed E-state index contributed by atoms with van der Waals surface area (Å²) in [6.45, 7) is 10.8. The molecule has 0 aliphatic rings. The Balaban J connectivity index is 2.72. The van der Waals surface area contributed by atoms with E-state index in [-0.39, 0.29) is 11.4 Å². The minimum atomic E-state index is -0.270. The van der Waals surface area contributed by atoms with Gasteiger partial charge in [0.25, 0.3) is 5.91 Å². The molecule has 0 saturated heterocycles. The Hall–Kier alpha value is -1.65. The number of nitrogens with one attached hydrogen (secondary N) is 2. The van der Waals surface area contributed by atoms with E-state index in [0.29, 0.717) is 17.4 Å². The summed E-state index contributed by atoms with van der Waals surface area (Å²) in [7, 11) is 0. The van der Waals surface area contributed by atoms with Crippen molar-refractivity contribution in [1.82, 2.24) is 15.3 Å². The fourth-order valence-corrected chi connectivity index (χ4v) is 1.29. The van der Waals surface area contributed by atoms with Crippen LogP contribution in [0.3, 0.4) is 0 Å². The number of carbonyl (C=O) groups excluding carboxylic acids is 1. The molecule has 1 amide bonds. The Morgan fingerprint density at radius 3 is 2.56 bits per heavy atom. The molecular formula is C13H22N4O. The molecule has 2 N–H and O–H groups in total. The van der Waals surface area contributed by atoms with Crippen molar-refractivity contribution >= 4 is 11.7 Å². The summed E-state index contributed by atoms with van der Waals surface area (Å²) in [5, 5.41) is 6.04. The molecule has 0 aromatic carbocycles. The van der Waals surface area contributed by atoms with Gasteiger partial charge in [0.15, 0.2) is 0 Å². The lowest BCUT2D eigenvalue weighted by Crippen LogP contribution is -2.41. The van der Waals surface area contributed by atoms with Crippen molar-refractivity contribution in [3.05, 3.63) is 18.1 Å². The van der Waals surface area contributed by atoms with Crippen LogP contribution in [0.5, 0.6) is 0 Å². The SMILES string of the molecule is CC(C)CNc1cc(C(=O)NC(C)(C)C)ncn1. The molecule has 100 valence electrons. The number of hydrogen-bond donors (Lipinski definition) is 2. The Morgan fingerprint density at radius 2 is 2.00 bits per heavy atom. The largest absolute Gasteiger partial charge is 0.370 e. The molecule has 0 saturated carbocycles. The third-order valence-electron chi connectivity index (χ3n) is 2.08. The smallest absolute Gasteiger partial charge is 0.270 e. The highest BCUT2D eigenvalue weighted by molar-refractivity contribution is 5.93. The topological polar surface area (TPSA) is 66.9 Å². The zero-order chi connectivity index (χ0) is 13.8. The van der Waals surface area contributed by atoms with Gasteiger partial charge in [-0.05, 0) is 26.7 Å². The third kappa shape index (κ3) is 5.12. The Kier molecular flexibility index (Phi) is 4.64. The third-order valence-corrected chi connectivity index (χ3v) is 2.08. The maximum absolute atomic E-state index is 11.9. The lowest BCUT2D eigenvalue weighted by atomic mass is 10.1. The van der Waals surface area contributed by atoms with Crippen LogP contribution in [0.25, 0.3) is 0 Å². The van der Waals surface area contributed by atoms with Crippen molar-refractivity contribution in [2.24, 2.45) is 5.92 Å². The zero-order valence-corrected chi connectivity index (χ0v) is 11.7. The molecule has 1 heterocycles. The Labute approximate surface area is 108 Å². The number of amides is 1. The van der Waals surface area contributed by atoms with Gasteiger partial charge in [-0.3, -0.25) is 4.79 Å². The van der Waals surface area contributed by atoms with Crippen LogP contribution >= 0.6 is 0 Å². The van der Waals surface area contributed by atoms with Gasteiger partial charge < -0.3 is 10.6 Å². The Bertz CT molecular complexity index is 410. The second-order valence-corrected chi connectivity index (χ2v) is 5.77. The molecule has 0 radical (unpaired) electrons. The predicted molar refractivity (Wildman–Crippen MR) is 72.6 cm³/mol. The van der Waals surface area contributed by atoms with Crippen LogP contribution in [0, 0.1) is 5.92 Å². The molecule has 0 aliphatic carbocycles. The maximum atomic E-state index is 11.9. The molecule has 0 unspecified atom stereocenters. The standard InChI is InChI=1S/C13H22N4O/c1-9(2)7-14-11-6-10(15-8-16-11)12(18)17-13(3,4)5/h6,8-9H,7H2,1-5H3,(H,17,18)(H,14,15,16). The quantitative estimate of drug-likeness (QED) is 0.858. The highest BCUT2D eigenvalue weighted by atomic mass is 16.2. The predicted octanol–water partition coefficient (Wildman–Crippen LogP) is 2.07. The molecule has 0 aliphatic heterocycles. The minimum absolute atomic E-state index is 0.183. The second kappa shape index (κ2) is 5.80. The highest BCUT2D eigenvalue weighted by Crippen LogP contribution is 2.07. The van der Waals surface area contributed by atoms with Gasteiger partial charge in [-0.25, -0.2) is 9.97 Å². The second-order valence-electron chi connectivity index (χ2n) is 5.77. The fourth-order valence-electron chi connectivity index (χ4n) is 1.29. The lowest BCUT2D eigenvalue weighted by Gasteiger charge is -2.20. The molecule has 0 bridgehead atoms. The number of carbonyl (C=O) groups is 1. The summed E-state index contributed by atoms with van der Waals surface area (Å²) >= 11 is 0. The molecule has 1 rings (SSSR count). The molecule has 0 spiro atoms. The maximum Gasteiger partial charge on any atom is 0.270 e. The van der Waals surface area contributed by atoms with Crippen LogP contribution in [-0.4, -0.2) is 28.0 Å². The van der Waals surface area contributed by atoms with Crippen molar-refractivity contribution in [3.63, 3.8) is 0 Å². The van der Waals surface area contributed by atoms with Gasteiger partial charge in [0.2, 0.25) is 0 Å².